The Morgan fingerprint density at radius 1 is 1.53 bits per heavy atom. The summed E-state index contributed by atoms with van der Waals surface area (Å²) in [6, 6.07) is 4.31. The molecule has 1 aromatic carbocycles. The van der Waals surface area contributed by atoms with E-state index >= 15 is 0 Å². The van der Waals surface area contributed by atoms with Gasteiger partial charge in [-0.3, -0.25) is 0 Å². The average Bonchev–Trinajstić information content (AvgIpc) is 2.24. The summed E-state index contributed by atoms with van der Waals surface area (Å²) >= 11 is 3.34. The lowest BCUT2D eigenvalue weighted by Gasteiger charge is -2.18. The molecule has 0 radical (unpaired) electrons. The third-order valence-corrected chi connectivity index (χ3v) is 2.79. The highest BCUT2D eigenvalue weighted by Gasteiger charge is 2.12. The fourth-order valence-electron chi connectivity index (χ4n) is 1.34. The first-order chi connectivity index (χ1) is 7.19. The van der Waals surface area contributed by atoms with Gasteiger partial charge in [0.15, 0.2) is 0 Å². The molecule has 84 valence electrons. The fourth-order valence-corrected chi connectivity index (χ4v) is 1.86. The standard InChI is InChI=1S/C10H14BrFN2O/c11-9-2-1-7(12)5-8(9)10(6-13)14-3-4-15/h1-2,5,10,14-15H,3-4,6,13H2. The van der Waals surface area contributed by atoms with Crippen LogP contribution < -0.4 is 11.1 Å². The molecule has 1 rings (SSSR count). The number of hydrogen-bond donors (Lipinski definition) is 3. The molecule has 0 aliphatic rings. The molecule has 1 aromatic rings. The van der Waals surface area contributed by atoms with Crippen molar-refractivity contribution in [2.45, 2.75) is 6.04 Å². The molecule has 0 aliphatic heterocycles. The van der Waals surface area contributed by atoms with Gasteiger partial charge in [0.25, 0.3) is 0 Å². The highest BCUT2D eigenvalue weighted by molar-refractivity contribution is 9.10. The Morgan fingerprint density at radius 3 is 2.87 bits per heavy atom. The van der Waals surface area contributed by atoms with E-state index in [1.54, 1.807) is 6.07 Å². The molecule has 0 bridgehead atoms. The highest BCUT2D eigenvalue weighted by Crippen LogP contribution is 2.23. The smallest absolute Gasteiger partial charge is 0.123 e. The van der Waals surface area contributed by atoms with Crippen molar-refractivity contribution < 1.29 is 9.50 Å². The first-order valence-corrected chi connectivity index (χ1v) is 5.47. The van der Waals surface area contributed by atoms with Crippen LogP contribution in [0.1, 0.15) is 11.6 Å². The van der Waals surface area contributed by atoms with E-state index < -0.39 is 0 Å². The minimum Gasteiger partial charge on any atom is -0.395 e. The topological polar surface area (TPSA) is 58.3 Å². The van der Waals surface area contributed by atoms with Gasteiger partial charge >= 0.3 is 0 Å². The van der Waals surface area contributed by atoms with E-state index in [0.717, 1.165) is 10.0 Å². The second kappa shape index (κ2) is 6.17. The number of aliphatic hydroxyl groups is 1. The van der Waals surface area contributed by atoms with E-state index in [9.17, 15) is 4.39 Å². The molecule has 0 spiro atoms. The first kappa shape index (κ1) is 12.6. The third-order valence-electron chi connectivity index (χ3n) is 2.07. The largest absolute Gasteiger partial charge is 0.395 e. The van der Waals surface area contributed by atoms with E-state index in [1.807, 2.05) is 0 Å². The van der Waals surface area contributed by atoms with Crippen molar-refractivity contribution in [1.82, 2.24) is 5.32 Å². The van der Waals surface area contributed by atoms with Gasteiger partial charge in [-0.15, -0.1) is 0 Å². The molecule has 1 unspecified atom stereocenters. The lowest BCUT2D eigenvalue weighted by Crippen LogP contribution is -2.30. The second-order valence-electron chi connectivity index (χ2n) is 3.13. The Kier molecular flexibility index (Phi) is 5.17. The maximum atomic E-state index is 13.0. The molecule has 1 atom stereocenters. The van der Waals surface area contributed by atoms with Crippen molar-refractivity contribution in [2.75, 3.05) is 19.7 Å². The average molecular weight is 277 g/mol. The summed E-state index contributed by atoms with van der Waals surface area (Å²) in [5, 5.41) is 11.7. The number of halogens is 2. The summed E-state index contributed by atoms with van der Waals surface area (Å²) in [4.78, 5) is 0. The molecule has 15 heavy (non-hydrogen) atoms. The lowest BCUT2D eigenvalue weighted by atomic mass is 10.1. The van der Waals surface area contributed by atoms with Crippen molar-refractivity contribution in [1.29, 1.82) is 0 Å². The number of nitrogens with two attached hydrogens (primary N) is 1. The van der Waals surface area contributed by atoms with Crippen LogP contribution >= 0.6 is 15.9 Å². The summed E-state index contributed by atoms with van der Waals surface area (Å²) in [6.07, 6.45) is 0. The molecular formula is C10H14BrFN2O. The second-order valence-corrected chi connectivity index (χ2v) is 3.99. The maximum Gasteiger partial charge on any atom is 0.123 e. The van der Waals surface area contributed by atoms with Crippen molar-refractivity contribution in [2.24, 2.45) is 5.73 Å². The van der Waals surface area contributed by atoms with Gasteiger partial charge in [0.2, 0.25) is 0 Å². The number of benzene rings is 1. The van der Waals surface area contributed by atoms with Gasteiger partial charge in [-0.2, -0.15) is 0 Å². The Morgan fingerprint density at radius 2 is 2.27 bits per heavy atom. The van der Waals surface area contributed by atoms with Crippen LogP contribution in [0.5, 0.6) is 0 Å². The van der Waals surface area contributed by atoms with Crippen molar-refractivity contribution >= 4 is 15.9 Å². The summed E-state index contributed by atoms with van der Waals surface area (Å²) in [5.74, 6) is -0.294. The molecule has 0 fully saturated rings. The van der Waals surface area contributed by atoms with Crippen LogP contribution in [0, 0.1) is 5.82 Å². The van der Waals surface area contributed by atoms with E-state index in [-0.39, 0.29) is 18.5 Å². The predicted octanol–water partition coefficient (Wildman–Crippen LogP) is 1.17. The van der Waals surface area contributed by atoms with E-state index in [1.165, 1.54) is 12.1 Å². The normalized spacial score (nSPS) is 12.8. The molecule has 0 aliphatic carbocycles. The van der Waals surface area contributed by atoms with Gasteiger partial charge in [-0.05, 0) is 23.8 Å². The van der Waals surface area contributed by atoms with Crippen molar-refractivity contribution in [3.63, 3.8) is 0 Å². The van der Waals surface area contributed by atoms with Crippen molar-refractivity contribution in [3.8, 4) is 0 Å². The van der Waals surface area contributed by atoms with Gasteiger partial charge in [0.1, 0.15) is 5.82 Å². The monoisotopic (exact) mass is 276 g/mol. The van der Waals surface area contributed by atoms with E-state index in [0.29, 0.717) is 13.1 Å². The molecule has 0 saturated carbocycles. The molecule has 0 amide bonds. The minimum absolute atomic E-state index is 0.0312. The van der Waals surface area contributed by atoms with Gasteiger partial charge in [0.05, 0.1) is 6.61 Å². The third kappa shape index (κ3) is 3.53. The minimum atomic E-state index is -0.294. The van der Waals surface area contributed by atoms with Crippen LogP contribution in [-0.4, -0.2) is 24.8 Å². The summed E-state index contributed by atoms with van der Waals surface area (Å²) in [7, 11) is 0. The van der Waals surface area contributed by atoms with Crippen LogP contribution in [0.3, 0.4) is 0 Å². The molecule has 0 saturated heterocycles. The SMILES string of the molecule is NCC(NCCO)c1cc(F)ccc1Br. The zero-order chi connectivity index (χ0) is 11.3. The number of rotatable bonds is 5. The van der Waals surface area contributed by atoms with Crippen LogP contribution in [0.25, 0.3) is 0 Å². The number of nitrogens with one attached hydrogen (secondary N) is 1. The quantitative estimate of drug-likeness (QED) is 0.757. The maximum absolute atomic E-state index is 13.0. The van der Waals surface area contributed by atoms with Crippen LogP contribution in [-0.2, 0) is 0 Å². The van der Waals surface area contributed by atoms with E-state index in [2.05, 4.69) is 21.2 Å². The van der Waals surface area contributed by atoms with E-state index in [4.69, 9.17) is 10.8 Å². The van der Waals surface area contributed by atoms with Gasteiger partial charge in [-0.1, -0.05) is 15.9 Å². The lowest BCUT2D eigenvalue weighted by molar-refractivity contribution is 0.285. The first-order valence-electron chi connectivity index (χ1n) is 4.68. The Hall–Kier alpha value is -0.490. The molecule has 3 nitrogen and oxygen atoms in total. The van der Waals surface area contributed by atoms with Crippen molar-refractivity contribution in [3.05, 3.63) is 34.1 Å². The fraction of sp³-hybridized carbons (Fsp3) is 0.400. The highest BCUT2D eigenvalue weighted by atomic mass is 79.9. The molecular weight excluding hydrogens is 263 g/mol. The zero-order valence-corrected chi connectivity index (χ0v) is 9.80. The van der Waals surface area contributed by atoms with Crippen LogP contribution in [0.15, 0.2) is 22.7 Å². The predicted molar refractivity (Wildman–Crippen MR) is 61.0 cm³/mol. The van der Waals surface area contributed by atoms with Gasteiger partial charge in [-0.25, -0.2) is 4.39 Å². The summed E-state index contributed by atoms with van der Waals surface area (Å²) in [6.45, 7) is 0.816. The van der Waals surface area contributed by atoms with Crippen LogP contribution in [0.2, 0.25) is 0 Å². The Bertz CT molecular complexity index is 322. The molecule has 0 heterocycles. The number of hydrogen-bond acceptors (Lipinski definition) is 3. The molecule has 4 N–H and O–H groups in total. The molecule has 5 heteroatoms. The number of aliphatic hydroxyl groups excluding tert-OH is 1. The zero-order valence-electron chi connectivity index (χ0n) is 8.21. The van der Waals surface area contributed by atoms with Gasteiger partial charge < -0.3 is 16.2 Å². The van der Waals surface area contributed by atoms with Gasteiger partial charge in [0, 0.05) is 23.6 Å². The summed E-state index contributed by atoms with van der Waals surface area (Å²) < 4.78 is 13.8. The Labute approximate surface area is 96.6 Å². The molecule has 0 aromatic heterocycles. The van der Waals surface area contributed by atoms with Crippen LogP contribution in [0.4, 0.5) is 4.39 Å². The summed E-state index contributed by atoms with van der Waals surface area (Å²) in [5.41, 5.74) is 6.35. The Balaban J connectivity index is 2.85.